The second-order valence-electron chi connectivity index (χ2n) is 8.24. The summed E-state index contributed by atoms with van der Waals surface area (Å²) in [5, 5.41) is 0. The van der Waals surface area contributed by atoms with Gasteiger partial charge in [-0.15, -0.1) is 0 Å². The first-order valence-electron chi connectivity index (χ1n) is 11.3. The van der Waals surface area contributed by atoms with Gasteiger partial charge >= 0.3 is 0 Å². The number of nitrogens with zero attached hydrogens (tertiary/aromatic N) is 2. The molecule has 2 aromatic carbocycles. The maximum absolute atomic E-state index is 12.5. The van der Waals surface area contributed by atoms with Crippen molar-refractivity contribution in [3.63, 3.8) is 0 Å². The van der Waals surface area contributed by atoms with Crippen LogP contribution in [0.3, 0.4) is 0 Å². The monoisotopic (exact) mass is 418 g/mol. The molecule has 0 aliphatic carbocycles. The quantitative estimate of drug-likeness (QED) is 0.488. The Bertz CT molecular complexity index is 907. The molecule has 2 saturated heterocycles. The smallest absolute Gasteiger partial charge is 0.260 e. The number of hydrogen-bond donors (Lipinski definition) is 0. The van der Waals surface area contributed by atoms with Gasteiger partial charge < -0.3 is 14.5 Å². The molecule has 2 aromatic rings. The number of carbonyl (C=O) groups excluding carboxylic acids is 2. The number of benzene rings is 2. The third-order valence-corrected chi connectivity index (χ3v) is 6.00. The zero-order valence-electron chi connectivity index (χ0n) is 18.0. The van der Waals surface area contributed by atoms with Crippen molar-refractivity contribution in [3.8, 4) is 5.75 Å². The van der Waals surface area contributed by atoms with Crippen LogP contribution in [0.4, 0.5) is 5.69 Å². The molecule has 0 unspecified atom stereocenters. The summed E-state index contributed by atoms with van der Waals surface area (Å²) in [6, 6.07) is 15.3. The highest BCUT2D eigenvalue weighted by Crippen LogP contribution is 2.21. The standard InChI is InChI=1S/C26H30N2O3/c29-25(15-8-21-6-11-23(12-7-21)27-16-2-1-3-17-27)22-9-13-24(14-10-22)31-20-26(30)28-18-4-5-19-28/h6-15H,1-5,16-20H2/b15-8+. The topological polar surface area (TPSA) is 49.9 Å². The zero-order chi connectivity index (χ0) is 21.5. The van der Waals surface area contributed by atoms with Gasteiger partial charge in [-0.3, -0.25) is 9.59 Å². The van der Waals surface area contributed by atoms with Gasteiger partial charge in [-0.2, -0.15) is 0 Å². The van der Waals surface area contributed by atoms with Gasteiger partial charge in [0.15, 0.2) is 12.4 Å². The Morgan fingerprint density at radius 3 is 2.13 bits per heavy atom. The molecule has 0 spiro atoms. The maximum atomic E-state index is 12.5. The van der Waals surface area contributed by atoms with Crippen molar-refractivity contribution in [2.75, 3.05) is 37.7 Å². The number of carbonyl (C=O) groups is 2. The van der Waals surface area contributed by atoms with Gasteiger partial charge in [-0.25, -0.2) is 0 Å². The highest BCUT2D eigenvalue weighted by molar-refractivity contribution is 6.06. The van der Waals surface area contributed by atoms with Gasteiger partial charge in [0.05, 0.1) is 0 Å². The molecular weight excluding hydrogens is 388 g/mol. The number of amides is 1. The molecule has 2 heterocycles. The summed E-state index contributed by atoms with van der Waals surface area (Å²) in [6.45, 7) is 3.94. The van der Waals surface area contributed by atoms with Crippen LogP contribution < -0.4 is 9.64 Å². The molecule has 1 amide bonds. The molecule has 0 radical (unpaired) electrons. The lowest BCUT2D eigenvalue weighted by Gasteiger charge is -2.28. The molecule has 0 atom stereocenters. The molecule has 0 aromatic heterocycles. The third kappa shape index (κ3) is 5.75. The Balaban J connectivity index is 1.28. The maximum Gasteiger partial charge on any atom is 0.260 e. The van der Waals surface area contributed by atoms with Gasteiger partial charge in [-0.05, 0) is 80.1 Å². The second-order valence-corrected chi connectivity index (χ2v) is 8.24. The highest BCUT2D eigenvalue weighted by Gasteiger charge is 2.18. The molecule has 0 bridgehead atoms. The van der Waals surface area contributed by atoms with E-state index in [0.717, 1.165) is 44.6 Å². The summed E-state index contributed by atoms with van der Waals surface area (Å²) in [6.07, 6.45) is 9.42. The molecule has 2 fully saturated rings. The van der Waals surface area contributed by atoms with Gasteiger partial charge in [-0.1, -0.05) is 18.2 Å². The largest absolute Gasteiger partial charge is 0.484 e. The highest BCUT2D eigenvalue weighted by atomic mass is 16.5. The van der Waals surface area contributed by atoms with E-state index in [1.807, 2.05) is 11.0 Å². The molecule has 4 rings (SSSR count). The van der Waals surface area contributed by atoms with Crippen LogP contribution in [-0.4, -0.2) is 49.4 Å². The first-order valence-corrected chi connectivity index (χ1v) is 11.3. The van der Waals surface area contributed by atoms with Crippen LogP contribution >= 0.6 is 0 Å². The molecule has 162 valence electrons. The second kappa shape index (κ2) is 10.3. The molecule has 5 heteroatoms. The van der Waals surface area contributed by atoms with Crippen molar-refractivity contribution in [2.45, 2.75) is 32.1 Å². The van der Waals surface area contributed by atoms with E-state index in [1.54, 1.807) is 30.3 Å². The molecular formula is C26H30N2O3. The number of likely N-dealkylation sites (tertiary alicyclic amines) is 1. The van der Waals surface area contributed by atoms with E-state index in [4.69, 9.17) is 4.74 Å². The van der Waals surface area contributed by atoms with Crippen molar-refractivity contribution in [2.24, 2.45) is 0 Å². The number of rotatable bonds is 7. The molecule has 31 heavy (non-hydrogen) atoms. The Kier molecular flexibility index (Phi) is 7.03. The fourth-order valence-electron chi connectivity index (χ4n) is 4.13. The number of piperidine rings is 1. The minimum absolute atomic E-state index is 0.0203. The summed E-state index contributed by atoms with van der Waals surface area (Å²) in [4.78, 5) is 28.8. The average Bonchev–Trinajstić information content (AvgIpc) is 3.37. The number of ether oxygens (including phenoxy) is 1. The first kappa shape index (κ1) is 21.2. The van der Waals surface area contributed by atoms with Crippen molar-refractivity contribution in [1.29, 1.82) is 0 Å². The Morgan fingerprint density at radius 2 is 1.45 bits per heavy atom. The lowest BCUT2D eigenvalue weighted by Crippen LogP contribution is -2.32. The summed E-state index contributed by atoms with van der Waals surface area (Å²) in [5.41, 5.74) is 2.86. The Labute approximate surface area is 184 Å². The number of allylic oxidation sites excluding steroid dienone is 1. The van der Waals surface area contributed by atoms with E-state index in [2.05, 4.69) is 29.2 Å². The average molecular weight is 419 g/mol. The molecule has 2 aliphatic rings. The minimum atomic E-state index is -0.0557. The molecule has 5 nitrogen and oxygen atoms in total. The van der Waals surface area contributed by atoms with Crippen LogP contribution in [0.2, 0.25) is 0 Å². The van der Waals surface area contributed by atoms with E-state index in [0.29, 0.717) is 11.3 Å². The predicted molar refractivity (Wildman–Crippen MR) is 124 cm³/mol. The lowest BCUT2D eigenvalue weighted by atomic mass is 10.1. The number of ketones is 1. The van der Waals surface area contributed by atoms with Crippen LogP contribution in [0.15, 0.2) is 54.6 Å². The summed E-state index contributed by atoms with van der Waals surface area (Å²) < 4.78 is 5.58. The normalized spacial score (nSPS) is 16.6. The van der Waals surface area contributed by atoms with Crippen LogP contribution in [0, 0.1) is 0 Å². The minimum Gasteiger partial charge on any atom is -0.484 e. The van der Waals surface area contributed by atoms with Gasteiger partial charge in [0.25, 0.3) is 5.91 Å². The number of hydrogen-bond acceptors (Lipinski definition) is 4. The van der Waals surface area contributed by atoms with Crippen LogP contribution in [0.25, 0.3) is 6.08 Å². The molecule has 0 N–H and O–H groups in total. The SMILES string of the molecule is O=C(/C=C/c1ccc(N2CCCCC2)cc1)c1ccc(OCC(=O)N2CCCC2)cc1. The van der Waals surface area contributed by atoms with Gasteiger partial charge in [0.2, 0.25) is 0 Å². The van der Waals surface area contributed by atoms with Crippen LogP contribution in [0.1, 0.15) is 48.0 Å². The fraction of sp³-hybridized carbons (Fsp3) is 0.385. The third-order valence-electron chi connectivity index (χ3n) is 6.00. The zero-order valence-corrected chi connectivity index (χ0v) is 18.0. The van der Waals surface area contributed by atoms with E-state index in [9.17, 15) is 9.59 Å². The van der Waals surface area contributed by atoms with Crippen molar-refractivity contribution < 1.29 is 14.3 Å². The van der Waals surface area contributed by atoms with E-state index < -0.39 is 0 Å². The van der Waals surface area contributed by atoms with Gasteiger partial charge in [0.1, 0.15) is 5.75 Å². The Hall–Kier alpha value is -3.08. The van der Waals surface area contributed by atoms with Crippen LogP contribution in [-0.2, 0) is 4.79 Å². The van der Waals surface area contributed by atoms with E-state index in [1.165, 1.54) is 24.9 Å². The summed E-state index contributed by atoms with van der Waals surface area (Å²) in [7, 11) is 0. The predicted octanol–water partition coefficient (Wildman–Crippen LogP) is 4.57. The van der Waals surface area contributed by atoms with Crippen molar-refractivity contribution >= 4 is 23.5 Å². The fourth-order valence-corrected chi connectivity index (χ4v) is 4.13. The van der Waals surface area contributed by atoms with Crippen molar-refractivity contribution in [3.05, 3.63) is 65.7 Å². The van der Waals surface area contributed by atoms with Crippen LogP contribution in [0.5, 0.6) is 5.75 Å². The van der Waals surface area contributed by atoms with E-state index in [-0.39, 0.29) is 18.3 Å². The number of anilines is 1. The summed E-state index contributed by atoms with van der Waals surface area (Å²) >= 11 is 0. The molecule has 0 saturated carbocycles. The van der Waals surface area contributed by atoms with Crippen molar-refractivity contribution in [1.82, 2.24) is 4.90 Å². The summed E-state index contributed by atoms with van der Waals surface area (Å²) in [5.74, 6) is 0.563. The van der Waals surface area contributed by atoms with E-state index >= 15 is 0 Å². The first-order chi connectivity index (χ1) is 15.2. The lowest BCUT2D eigenvalue weighted by molar-refractivity contribution is -0.132. The van der Waals surface area contributed by atoms with Gasteiger partial charge in [0, 0.05) is 37.4 Å². The Morgan fingerprint density at radius 1 is 0.806 bits per heavy atom. The molecule has 2 aliphatic heterocycles.